The minimum Gasteiger partial charge on any atom is -0.493 e. The van der Waals surface area contributed by atoms with Crippen molar-refractivity contribution < 1.29 is 14.3 Å². The van der Waals surface area contributed by atoms with E-state index < -0.39 is 0 Å². The van der Waals surface area contributed by atoms with Crippen LogP contribution in [0.4, 0.5) is 0 Å². The molecule has 19 heavy (non-hydrogen) atoms. The number of benzene rings is 1. The normalized spacial score (nSPS) is 25.2. The van der Waals surface area contributed by atoms with Gasteiger partial charge in [-0.2, -0.15) is 0 Å². The van der Waals surface area contributed by atoms with Crippen LogP contribution >= 0.6 is 11.6 Å². The fourth-order valence-electron chi connectivity index (χ4n) is 2.82. The minimum atomic E-state index is -0.258. The van der Waals surface area contributed by atoms with Gasteiger partial charge in [0.15, 0.2) is 5.78 Å². The molecule has 0 bridgehead atoms. The van der Waals surface area contributed by atoms with E-state index in [1.54, 1.807) is 0 Å². The lowest BCUT2D eigenvalue weighted by Gasteiger charge is -2.12. The number of Topliss-reactive ketones (excluding diaryl/α,β-unsaturated/α-hetero) is 1. The standard InChI is InChI=1S/C15H17ClO3/c1-9-2-3-14(19-9)13(17)8-11-7-12(16)6-10-4-5-18-15(10)11/h6-7,9,14H,2-5,8H2,1H3. The van der Waals surface area contributed by atoms with E-state index in [2.05, 4.69) is 0 Å². The molecule has 0 spiro atoms. The van der Waals surface area contributed by atoms with Gasteiger partial charge in [0.05, 0.1) is 12.7 Å². The average Bonchev–Trinajstić information content (AvgIpc) is 2.97. The van der Waals surface area contributed by atoms with E-state index in [1.165, 1.54) is 0 Å². The molecular formula is C15H17ClO3. The molecule has 1 aromatic rings. The minimum absolute atomic E-state index is 0.129. The third kappa shape index (κ3) is 2.63. The van der Waals surface area contributed by atoms with Crippen LogP contribution in [0.25, 0.3) is 0 Å². The first-order valence-corrected chi connectivity index (χ1v) is 7.13. The average molecular weight is 281 g/mol. The highest BCUT2D eigenvalue weighted by molar-refractivity contribution is 6.30. The molecule has 0 aromatic heterocycles. The largest absolute Gasteiger partial charge is 0.493 e. The predicted octanol–water partition coefficient (Wildman–Crippen LogP) is 2.95. The van der Waals surface area contributed by atoms with Gasteiger partial charge in [0.2, 0.25) is 0 Å². The van der Waals surface area contributed by atoms with Crippen LogP contribution in [0.3, 0.4) is 0 Å². The molecule has 2 atom stereocenters. The van der Waals surface area contributed by atoms with Crippen molar-refractivity contribution in [2.24, 2.45) is 0 Å². The van der Waals surface area contributed by atoms with Gasteiger partial charge in [0, 0.05) is 23.4 Å². The zero-order valence-electron chi connectivity index (χ0n) is 10.9. The van der Waals surface area contributed by atoms with Crippen LogP contribution in [0.2, 0.25) is 5.02 Å². The van der Waals surface area contributed by atoms with Crippen molar-refractivity contribution in [2.75, 3.05) is 6.61 Å². The highest BCUT2D eigenvalue weighted by atomic mass is 35.5. The monoisotopic (exact) mass is 280 g/mol. The van der Waals surface area contributed by atoms with Gasteiger partial charge < -0.3 is 9.47 Å². The lowest BCUT2D eigenvalue weighted by atomic mass is 10.0. The lowest BCUT2D eigenvalue weighted by molar-refractivity contribution is -0.128. The van der Waals surface area contributed by atoms with Crippen LogP contribution in [0.15, 0.2) is 12.1 Å². The Morgan fingerprint density at radius 1 is 1.42 bits per heavy atom. The zero-order chi connectivity index (χ0) is 13.4. The number of hydrogen-bond donors (Lipinski definition) is 0. The Morgan fingerprint density at radius 2 is 2.26 bits per heavy atom. The van der Waals surface area contributed by atoms with E-state index >= 15 is 0 Å². The summed E-state index contributed by atoms with van der Waals surface area (Å²) < 4.78 is 11.2. The topological polar surface area (TPSA) is 35.5 Å². The summed E-state index contributed by atoms with van der Waals surface area (Å²) in [6.07, 6.45) is 2.93. The van der Waals surface area contributed by atoms with Crippen LogP contribution in [-0.4, -0.2) is 24.6 Å². The quantitative estimate of drug-likeness (QED) is 0.854. The summed E-state index contributed by atoms with van der Waals surface area (Å²) >= 11 is 6.10. The maximum atomic E-state index is 12.2. The van der Waals surface area contributed by atoms with Crippen molar-refractivity contribution in [3.63, 3.8) is 0 Å². The number of ether oxygens (including phenoxy) is 2. The molecule has 2 unspecified atom stereocenters. The van der Waals surface area contributed by atoms with Crippen LogP contribution in [0.1, 0.15) is 30.9 Å². The molecule has 2 aliphatic heterocycles. The molecule has 2 aliphatic rings. The first kappa shape index (κ1) is 12.9. The number of halogens is 1. The van der Waals surface area contributed by atoms with E-state index in [9.17, 15) is 4.79 Å². The van der Waals surface area contributed by atoms with E-state index in [0.717, 1.165) is 36.1 Å². The summed E-state index contributed by atoms with van der Waals surface area (Å²) in [6.45, 7) is 2.68. The molecule has 0 aliphatic carbocycles. The van der Waals surface area contributed by atoms with Gasteiger partial charge in [-0.05, 0) is 37.5 Å². The highest BCUT2D eigenvalue weighted by Gasteiger charge is 2.29. The first-order valence-electron chi connectivity index (χ1n) is 6.76. The fourth-order valence-corrected chi connectivity index (χ4v) is 3.08. The van der Waals surface area contributed by atoms with Crippen LogP contribution in [0, 0.1) is 0 Å². The summed E-state index contributed by atoms with van der Waals surface area (Å²) in [6, 6.07) is 3.76. The maximum Gasteiger partial charge on any atom is 0.166 e. The summed E-state index contributed by atoms with van der Waals surface area (Å²) in [7, 11) is 0. The van der Waals surface area contributed by atoms with Gasteiger partial charge in [-0.15, -0.1) is 0 Å². The summed E-state index contributed by atoms with van der Waals surface area (Å²) in [5.41, 5.74) is 2.00. The van der Waals surface area contributed by atoms with Crippen molar-refractivity contribution in [1.29, 1.82) is 0 Å². The number of hydrogen-bond acceptors (Lipinski definition) is 3. The molecule has 0 amide bonds. The van der Waals surface area contributed by atoms with E-state index in [1.807, 2.05) is 19.1 Å². The van der Waals surface area contributed by atoms with E-state index in [-0.39, 0.29) is 18.0 Å². The van der Waals surface area contributed by atoms with Gasteiger partial charge in [-0.3, -0.25) is 4.79 Å². The Balaban J connectivity index is 1.78. The van der Waals surface area contributed by atoms with E-state index in [4.69, 9.17) is 21.1 Å². The van der Waals surface area contributed by atoms with Gasteiger partial charge in [0.1, 0.15) is 11.9 Å². The van der Waals surface area contributed by atoms with Gasteiger partial charge in [0.25, 0.3) is 0 Å². The number of fused-ring (bicyclic) bond motifs is 1. The summed E-state index contributed by atoms with van der Waals surface area (Å²) in [5.74, 6) is 0.980. The Hall–Kier alpha value is -1.06. The third-order valence-corrected chi connectivity index (χ3v) is 4.00. The molecule has 4 heteroatoms. The second-order valence-corrected chi connectivity index (χ2v) is 5.74. The van der Waals surface area contributed by atoms with E-state index in [0.29, 0.717) is 18.1 Å². The van der Waals surface area contributed by atoms with Crippen LogP contribution < -0.4 is 4.74 Å². The highest BCUT2D eigenvalue weighted by Crippen LogP contribution is 2.34. The van der Waals surface area contributed by atoms with Crippen molar-refractivity contribution >= 4 is 17.4 Å². The molecule has 1 aromatic carbocycles. The Kier molecular flexibility index (Phi) is 3.50. The second-order valence-electron chi connectivity index (χ2n) is 5.31. The molecule has 3 rings (SSSR count). The van der Waals surface area contributed by atoms with Crippen molar-refractivity contribution in [1.82, 2.24) is 0 Å². The molecule has 0 saturated carbocycles. The molecule has 3 nitrogen and oxygen atoms in total. The summed E-state index contributed by atoms with van der Waals surface area (Å²) in [5, 5.41) is 0.674. The molecule has 2 heterocycles. The molecule has 102 valence electrons. The molecule has 1 saturated heterocycles. The van der Waals surface area contributed by atoms with Crippen LogP contribution in [0.5, 0.6) is 5.75 Å². The maximum absolute atomic E-state index is 12.2. The second kappa shape index (κ2) is 5.14. The lowest BCUT2D eigenvalue weighted by Crippen LogP contribution is -2.22. The number of carbonyl (C=O) groups is 1. The van der Waals surface area contributed by atoms with Crippen molar-refractivity contribution in [2.45, 2.75) is 44.8 Å². The Labute approximate surface area is 117 Å². The molecular weight excluding hydrogens is 264 g/mol. The number of ketones is 1. The first-order chi connectivity index (χ1) is 9.13. The van der Waals surface area contributed by atoms with Gasteiger partial charge in [-0.1, -0.05) is 11.6 Å². The van der Waals surface area contributed by atoms with Gasteiger partial charge >= 0.3 is 0 Å². The Morgan fingerprint density at radius 3 is 3.00 bits per heavy atom. The number of carbonyl (C=O) groups excluding carboxylic acids is 1. The predicted molar refractivity (Wildman–Crippen MR) is 72.9 cm³/mol. The number of rotatable bonds is 3. The fraction of sp³-hybridized carbons (Fsp3) is 0.533. The Bertz CT molecular complexity index is 512. The van der Waals surface area contributed by atoms with Crippen LogP contribution in [-0.2, 0) is 22.4 Å². The van der Waals surface area contributed by atoms with Crippen molar-refractivity contribution in [3.8, 4) is 5.75 Å². The molecule has 0 radical (unpaired) electrons. The summed E-state index contributed by atoms with van der Waals surface area (Å²) in [4.78, 5) is 12.2. The smallest absolute Gasteiger partial charge is 0.166 e. The molecule has 0 N–H and O–H groups in total. The SMILES string of the molecule is CC1CCC(C(=O)Cc2cc(Cl)cc3c2OCC3)O1. The zero-order valence-corrected chi connectivity index (χ0v) is 11.7. The molecule has 1 fully saturated rings. The third-order valence-electron chi connectivity index (χ3n) is 3.78. The van der Waals surface area contributed by atoms with Gasteiger partial charge in [-0.25, -0.2) is 0 Å². The van der Waals surface area contributed by atoms with Crippen molar-refractivity contribution in [3.05, 3.63) is 28.3 Å².